The largest absolute Gasteiger partial charge is 0.508 e. The van der Waals surface area contributed by atoms with E-state index >= 15 is 0 Å². The van der Waals surface area contributed by atoms with Crippen LogP contribution in [0.4, 0.5) is 0 Å². The van der Waals surface area contributed by atoms with E-state index in [0.717, 1.165) is 69.8 Å². The molecule has 0 aliphatic heterocycles. The third kappa shape index (κ3) is 4.37. The first-order valence-electron chi connectivity index (χ1n) is 17.5. The molecule has 1 aromatic rings. The number of hydrogen-bond donors (Lipinski definition) is 2. The average Bonchev–Trinajstić information content (AvgIpc) is 3.38. The molecule has 5 nitrogen and oxygen atoms in total. The number of benzene rings is 1. The van der Waals surface area contributed by atoms with Crippen LogP contribution in [0.15, 0.2) is 42.5 Å². The number of allylic oxidation sites excluding steroid dienone is 1. The maximum Gasteiger partial charge on any atom is 0.331 e. The van der Waals surface area contributed by atoms with Crippen molar-refractivity contribution in [2.45, 2.75) is 119 Å². The van der Waals surface area contributed by atoms with Crippen molar-refractivity contribution >= 4 is 18.0 Å². The number of carboxylic acid groups (broad SMARTS) is 1. The molecule has 1 aromatic carbocycles. The number of rotatable bonds is 5. The second-order valence-electron chi connectivity index (χ2n) is 17.5. The fraction of sp³-hybridized carbons (Fsp3) is 0.700. The molecule has 0 radical (unpaired) electrons. The fourth-order valence-corrected chi connectivity index (χ4v) is 13.2. The van der Waals surface area contributed by atoms with Crippen molar-refractivity contribution in [3.05, 3.63) is 48.1 Å². The van der Waals surface area contributed by atoms with Gasteiger partial charge in [0.25, 0.3) is 0 Å². The summed E-state index contributed by atoms with van der Waals surface area (Å²) in [5.41, 5.74) is 1.49. The molecule has 0 heterocycles. The van der Waals surface area contributed by atoms with Crippen molar-refractivity contribution in [2.75, 3.05) is 0 Å². The molecule has 5 fully saturated rings. The first-order valence-corrected chi connectivity index (χ1v) is 17.5. The number of carbonyl (C=O) groups excluding carboxylic acids is 1. The minimum Gasteiger partial charge on any atom is -0.508 e. The third-order valence-electron chi connectivity index (χ3n) is 15.7. The molecular formula is C40H56O5. The standard InChI is InChI=1S/C40H56O5/c1-25(2)28-15-22-40(34(43)44)24-23-39(8)37(6)20-16-29-35(3,4)31(45-32(42)14-11-26-9-12-27(41)13-10-26)18-19-36(29,5)30(37)17-21-38(39,7)33(28)40/h9-14,28-31,33,41H,1,15-24H2,2-8H3,(H,43,44)/b14-11+/t28?,29-,30+,31-,33+,36-,37+,38+,39-,40-/m0/s1. The highest BCUT2D eigenvalue weighted by molar-refractivity contribution is 5.87. The Morgan fingerprint density at radius 3 is 2.13 bits per heavy atom. The van der Waals surface area contributed by atoms with Crippen LogP contribution in [0.1, 0.15) is 118 Å². The van der Waals surface area contributed by atoms with Gasteiger partial charge in [-0.1, -0.05) is 65.8 Å². The van der Waals surface area contributed by atoms with E-state index in [0.29, 0.717) is 11.8 Å². The minimum atomic E-state index is -0.622. The van der Waals surface area contributed by atoms with Crippen LogP contribution >= 0.6 is 0 Å². The molecule has 1 unspecified atom stereocenters. The maximum atomic E-state index is 13.1. The van der Waals surface area contributed by atoms with Gasteiger partial charge in [-0.15, -0.1) is 0 Å². The molecule has 10 atom stereocenters. The summed E-state index contributed by atoms with van der Waals surface area (Å²) in [7, 11) is 0. The zero-order chi connectivity index (χ0) is 32.8. The van der Waals surface area contributed by atoms with E-state index in [9.17, 15) is 19.8 Å². The van der Waals surface area contributed by atoms with Crippen molar-refractivity contribution in [3.63, 3.8) is 0 Å². The van der Waals surface area contributed by atoms with Crippen LogP contribution in [-0.4, -0.2) is 28.3 Å². The monoisotopic (exact) mass is 616 g/mol. The fourth-order valence-electron chi connectivity index (χ4n) is 13.2. The van der Waals surface area contributed by atoms with Crippen LogP contribution in [-0.2, 0) is 14.3 Å². The Morgan fingerprint density at radius 1 is 0.844 bits per heavy atom. The average molecular weight is 617 g/mol. The summed E-state index contributed by atoms with van der Waals surface area (Å²) in [6.45, 7) is 21.4. The lowest BCUT2D eigenvalue weighted by Crippen LogP contribution is -2.70. The van der Waals surface area contributed by atoms with Gasteiger partial charge in [0, 0.05) is 11.5 Å². The number of ether oxygens (including phenoxy) is 1. The SMILES string of the molecule is C=C(C)C1CC[C@]2(C(=O)O)CC[C@@]3(C)[C@]4(C)CC[C@H]5C(C)(C)[C@@H](OC(=O)/C=C/c6ccc(O)cc6)CC[C@]5(C)[C@H]4CC[C@]3(C)[C@@H]12. The molecule has 0 bridgehead atoms. The molecule has 5 heteroatoms. The van der Waals surface area contributed by atoms with Gasteiger partial charge in [0.05, 0.1) is 5.41 Å². The number of aromatic hydroxyl groups is 1. The highest BCUT2D eigenvalue weighted by Gasteiger charge is 2.75. The van der Waals surface area contributed by atoms with Gasteiger partial charge in [-0.05, 0) is 140 Å². The van der Waals surface area contributed by atoms with Gasteiger partial charge in [-0.3, -0.25) is 4.79 Å². The highest BCUT2D eigenvalue weighted by atomic mass is 16.5. The van der Waals surface area contributed by atoms with E-state index in [-0.39, 0.29) is 56.7 Å². The Hall–Kier alpha value is -2.56. The molecule has 5 aliphatic rings. The van der Waals surface area contributed by atoms with E-state index < -0.39 is 11.4 Å². The van der Waals surface area contributed by atoms with Crippen LogP contribution in [0.25, 0.3) is 6.08 Å². The normalized spacial score (nSPS) is 45.1. The predicted octanol–water partition coefficient (Wildman–Crippen LogP) is 9.45. The predicted molar refractivity (Wildman–Crippen MR) is 178 cm³/mol. The summed E-state index contributed by atoms with van der Waals surface area (Å²) in [4.78, 5) is 26.1. The number of phenols is 1. The Labute approximate surface area is 270 Å². The Bertz CT molecular complexity index is 1410. The number of aliphatic carboxylic acids is 1. The van der Waals surface area contributed by atoms with E-state index in [1.807, 2.05) is 0 Å². The zero-order valence-electron chi connectivity index (χ0n) is 28.7. The van der Waals surface area contributed by atoms with Crippen LogP contribution in [0.2, 0.25) is 0 Å². The van der Waals surface area contributed by atoms with Crippen LogP contribution in [0, 0.1) is 56.2 Å². The molecule has 0 aromatic heterocycles. The van der Waals surface area contributed by atoms with Gasteiger partial charge >= 0.3 is 11.9 Å². The van der Waals surface area contributed by atoms with E-state index in [4.69, 9.17) is 4.74 Å². The summed E-state index contributed by atoms with van der Waals surface area (Å²) in [5, 5.41) is 20.3. The van der Waals surface area contributed by atoms with Gasteiger partial charge < -0.3 is 14.9 Å². The minimum absolute atomic E-state index is 0.0467. The Kier molecular flexibility index (Phi) is 7.54. The quantitative estimate of drug-likeness (QED) is 0.196. The third-order valence-corrected chi connectivity index (χ3v) is 15.7. The van der Waals surface area contributed by atoms with Crippen molar-refractivity contribution < 1.29 is 24.5 Å². The van der Waals surface area contributed by atoms with Gasteiger partial charge in [0.2, 0.25) is 0 Å². The molecular weight excluding hydrogens is 560 g/mol. The first kappa shape index (κ1) is 32.4. The number of carbonyl (C=O) groups is 2. The van der Waals surface area contributed by atoms with Crippen LogP contribution < -0.4 is 0 Å². The molecule has 0 saturated heterocycles. The summed E-state index contributed by atoms with van der Waals surface area (Å²) >= 11 is 0. The topological polar surface area (TPSA) is 83.8 Å². The van der Waals surface area contributed by atoms with Gasteiger partial charge in [-0.25, -0.2) is 4.79 Å². The lowest BCUT2D eigenvalue weighted by atomic mass is 9.29. The van der Waals surface area contributed by atoms with Crippen molar-refractivity contribution in [1.82, 2.24) is 0 Å². The van der Waals surface area contributed by atoms with E-state index in [1.54, 1.807) is 30.3 Å². The van der Waals surface area contributed by atoms with Crippen LogP contribution in [0.5, 0.6) is 5.75 Å². The molecule has 45 heavy (non-hydrogen) atoms. The van der Waals surface area contributed by atoms with Gasteiger partial charge in [0.1, 0.15) is 11.9 Å². The second-order valence-corrected chi connectivity index (χ2v) is 17.5. The van der Waals surface area contributed by atoms with Crippen LogP contribution in [0.3, 0.4) is 0 Å². The number of hydrogen-bond acceptors (Lipinski definition) is 4. The summed E-state index contributed by atoms with van der Waals surface area (Å²) in [5.74, 6) is 0.741. The number of phenolic OH excluding ortho intramolecular Hbond substituents is 1. The Balaban J connectivity index is 1.27. The van der Waals surface area contributed by atoms with Crippen molar-refractivity contribution in [1.29, 1.82) is 0 Å². The van der Waals surface area contributed by atoms with Gasteiger partial charge in [-0.2, -0.15) is 0 Å². The van der Waals surface area contributed by atoms with Crippen molar-refractivity contribution in [2.24, 2.45) is 56.2 Å². The first-order chi connectivity index (χ1) is 21.0. The Morgan fingerprint density at radius 2 is 1.49 bits per heavy atom. The molecule has 246 valence electrons. The maximum absolute atomic E-state index is 13.1. The molecule has 6 rings (SSSR count). The zero-order valence-corrected chi connectivity index (χ0v) is 28.7. The van der Waals surface area contributed by atoms with Crippen molar-refractivity contribution in [3.8, 4) is 5.75 Å². The van der Waals surface area contributed by atoms with E-state index in [2.05, 4.69) is 55.0 Å². The lowest BCUT2D eigenvalue weighted by Gasteiger charge is -2.75. The highest BCUT2D eigenvalue weighted by Crippen LogP contribution is 2.81. The second kappa shape index (κ2) is 10.5. The smallest absolute Gasteiger partial charge is 0.331 e. The number of esters is 1. The molecule has 5 saturated carbocycles. The molecule has 2 N–H and O–H groups in total. The van der Waals surface area contributed by atoms with E-state index in [1.165, 1.54) is 11.6 Å². The number of fused-ring (bicyclic) bond motifs is 7. The summed E-state index contributed by atoms with van der Waals surface area (Å²) in [6, 6.07) is 6.79. The van der Waals surface area contributed by atoms with Gasteiger partial charge in [0.15, 0.2) is 0 Å². The summed E-state index contributed by atoms with van der Waals surface area (Å²) < 4.78 is 6.21. The lowest BCUT2D eigenvalue weighted by molar-refractivity contribution is -0.277. The summed E-state index contributed by atoms with van der Waals surface area (Å²) in [6.07, 6.45) is 13.0. The molecule has 0 amide bonds. The molecule has 0 spiro atoms. The molecule has 5 aliphatic carbocycles. The number of carboxylic acids is 1.